The van der Waals surface area contributed by atoms with E-state index >= 15 is 0 Å². The first-order valence-electron chi connectivity index (χ1n) is 4.58. The molecule has 4 heteroatoms. The van der Waals surface area contributed by atoms with Gasteiger partial charge >= 0.3 is 0 Å². The van der Waals surface area contributed by atoms with Crippen LogP contribution in [0.25, 0.3) is 11.3 Å². The summed E-state index contributed by atoms with van der Waals surface area (Å²) < 4.78 is 26.4. The summed E-state index contributed by atoms with van der Waals surface area (Å²) in [5.74, 6) is -1.06. The average Bonchev–Trinajstić information content (AvgIpc) is 2.30. The van der Waals surface area contributed by atoms with E-state index in [4.69, 9.17) is 0 Å². The largest absolute Gasteiger partial charge is 0.296 e. The second-order valence-corrected chi connectivity index (χ2v) is 3.19. The summed E-state index contributed by atoms with van der Waals surface area (Å²) >= 11 is 0. The van der Waals surface area contributed by atoms with E-state index in [9.17, 15) is 13.6 Å². The number of carbonyl (C=O) groups is 1. The lowest BCUT2D eigenvalue weighted by molar-refractivity contribution is 0.111. The number of pyridine rings is 1. The molecule has 0 saturated carbocycles. The fraction of sp³-hybridized carbons (Fsp3) is 0. The Morgan fingerprint density at radius 3 is 2.62 bits per heavy atom. The molecule has 0 radical (unpaired) electrons. The molecule has 2 rings (SSSR count). The lowest BCUT2D eigenvalue weighted by Gasteiger charge is -2.03. The van der Waals surface area contributed by atoms with Gasteiger partial charge in [0.05, 0.1) is 0 Å². The summed E-state index contributed by atoms with van der Waals surface area (Å²) in [4.78, 5) is 14.3. The van der Waals surface area contributed by atoms with Gasteiger partial charge in [0.1, 0.15) is 23.0 Å². The fourth-order valence-corrected chi connectivity index (χ4v) is 1.36. The maximum absolute atomic E-state index is 13.4. The van der Waals surface area contributed by atoms with Crippen molar-refractivity contribution in [1.29, 1.82) is 0 Å². The van der Waals surface area contributed by atoms with E-state index in [0.717, 1.165) is 6.07 Å². The number of aldehydes is 1. The predicted octanol–water partition coefficient (Wildman–Crippen LogP) is 2.84. The highest BCUT2D eigenvalue weighted by Gasteiger charge is 2.08. The lowest BCUT2D eigenvalue weighted by Crippen LogP contribution is -1.94. The van der Waals surface area contributed by atoms with E-state index in [1.165, 1.54) is 30.3 Å². The minimum atomic E-state index is -0.587. The molecule has 1 aromatic heterocycles. The summed E-state index contributed by atoms with van der Waals surface area (Å²) in [6, 6.07) is 7.82. The Bertz CT molecular complexity index is 540. The van der Waals surface area contributed by atoms with Crippen molar-refractivity contribution in [2.24, 2.45) is 0 Å². The Morgan fingerprint density at radius 1 is 1.12 bits per heavy atom. The van der Waals surface area contributed by atoms with Crippen LogP contribution in [0.1, 0.15) is 10.5 Å². The highest BCUT2D eigenvalue weighted by Crippen LogP contribution is 2.21. The van der Waals surface area contributed by atoms with Crippen molar-refractivity contribution in [2.45, 2.75) is 0 Å². The van der Waals surface area contributed by atoms with Crippen molar-refractivity contribution in [3.63, 3.8) is 0 Å². The van der Waals surface area contributed by atoms with Gasteiger partial charge in [0.25, 0.3) is 0 Å². The maximum Gasteiger partial charge on any atom is 0.168 e. The molecule has 0 spiro atoms. The molecule has 1 aromatic carbocycles. The number of carbonyl (C=O) groups excluding carboxylic acids is 1. The summed E-state index contributed by atoms with van der Waals surface area (Å²) in [5.41, 5.74) is 0.394. The fourth-order valence-electron chi connectivity index (χ4n) is 1.36. The quantitative estimate of drug-likeness (QED) is 0.727. The molecule has 2 aromatic rings. The van der Waals surface area contributed by atoms with Crippen molar-refractivity contribution in [1.82, 2.24) is 4.98 Å². The normalized spacial score (nSPS) is 10.1. The van der Waals surface area contributed by atoms with Gasteiger partial charge in [-0.15, -0.1) is 0 Å². The van der Waals surface area contributed by atoms with Crippen molar-refractivity contribution in [3.05, 3.63) is 53.7 Å². The van der Waals surface area contributed by atoms with Crippen LogP contribution in [0.15, 0.2) is 36.4 Å². The number of aromatic nitrogens is 1. The zero-order valence-electron chi connectivity index (χ0n) is 8.15. The number of rotatable bonds is 2. The monoisotopic (exact) mass is 219 g/mol. The van der Waals surface area contributed by atoms with Gasteiger partial charge in [-0.1, -0.05) is 12.1 Å². The van der Waals surface area contributed by atoms with Crippen molar-refractivity contribution >= 4 is 6.29 Å². The van der Waals surface area contributed by atoms with Crippen LogP contribution in [-0.2, 0) is 0 Å². The maximum atomic E-state index is 13.4. The van der Waals surface area contributed by atoms with E-state index in [-0.39, 0.29) is 11.4 Å². The Balaban J connectivity index is 2.58. The van der Waals surface area contributed by atoms with Crippen LogP contribution < -0.4 is 0 Å². The number of halogens is 2. The molecule has 16 heavy (non-hydrogen) atoms. The van der Waals surface area contributed by atoms with Crippen LogP contribution in [0.4, 0.5) is 8.78 Å². The van der Waals surface area contributed by atoms with Gasteiger partial charge in [0, 0.05) is 5.56 Å². The molecule has 2 nitrogen and oxygen atoms in total. The molecule has 0 aliphatic heterocycles. The third kappa shape index (κ3) is 1.95. The highest BCUT2D eigenvalue weighted by molar-refractivity contribution is 5.74. The molecular weight excluding hydrogens is 212 g/mol. The number of hydrogen-bond acceptors (Lipinski definition) is 2. The molecule has 0 saturated heterocycles. The Labute approximate surface area is 90.6 Å². The molecule has 1 heterocycles. The highest BCUT2D eigenvalue weighted by atomic mass is 19.1. The van der Waals surface area contributed by atoms with Gasteiger partial charge in [-0.25, -0.2) is 13.8 Å². The second-order valence-electron chi connectivity index (χ2n) is 3.19. The molecule has 0 bridgehead atoms. The van der Waals surface area contributed by atoms with Gasteiger partial charge in [-0.2, -0.15) is 0 Å². The van der Waals surface area contributed by atoms with Crippen LogP contribution in [0.5, 0.6) is 0 Å². The Morgan fingerprint density at radius 2 is 1.94 bits per heavy atom. The molecule has 0 unspecified atom stereocenters. The van der Waals surface area contributed by atoms with Gasteiger partial charge in [0.2, 0.25) is 0 Å². The summed E-state index contributed by atoms with van der Waals surface area (Å²) in [7, 11) is 0. The Kier molecular flexibility index (Phi) is 2.72. The van der Waals surface area contributed by atoms with Crippen LogP contribution in [-0.4, -0.2) is 11.3 Å². The molecule has 0 aliphatic rings. The SMILES string of the molecule is O=Cc1ccc(F)c(-c2cccc(F)c2)n1. The predicted molar refractivity (Wildman–Crippen MR) is 55.0 cm³/mol. The van der Waals surface area contributed by atoms with E-state index in [0.29, 0.717) is 11.8 Å². The smallest absolute Gasteiger partial charge is 0.168 e. The molecule has 0 fully saturated rings. The van der Waals surface area contributed by atoms with Gasteiger partial charge < -0.3 is 0 Å². The van der Waals surface area contributed by atoms with Crippen LogP contribution in [0, 0.1) is 11.6 Å². The van der Waals surface area contributed by atoms with E-state index < -0.39 is 11.6 Å². The lowest BCUT2D eigenvalue weighted by atomic mass is 10.1. The first kappa shape index (κ1) is 10.4. The number of benzene rings is 1. The minimum absolute atomic E-state index is 0.0240. The molecule has 0 aliphatic carbocycles. The first-order chi connectivity index (χ1) is 7.70. The minimum Gasteiger partial charge on any atom is -0.296 e. The Hall–Kier alpha value is -2.10. The molecule has 0 N–H and O–H groups in total. The number of hydrogen-bond donors (Lipinski definition) is 0. The third-order valence-corrected chi connectivity index (χ3v) is 2.09. The van der Waals surface area contributed by atoms with Crippen molar-refractivity contribution in [3.8, 4) is 11.3 Å². The summed E-state index contributed by atoms with van der Waals surface area (Å²) in [6.45, 7) is 0. The number of nitrogens with zero attached hydrogens (tertiary/aromatic N) is 1. The molecule has 0 amide bonds. The van der Waals surface area contributed by atoms with Crippen LogP contribution in [0.2, 0.25) is 0 Å². The molecule has 80 valence electrons. The van der Waals surface area contributed by atoms with Crippen LogP contribution in [0.3, 0.4) is 0 Å². The molecule has 0 atom stereocenters. The van der Waals surface area contributed by atoms with Gasteiger partial charge in [-0.3, -0.25) is 4.79 Å². The van der Waals surface area contributed by atoms with E-state index in [1.54, 1.807) is 0 Å². The average molecular weight is 219 g/mol. The second kappa shape index (κ2) is 4.18. The standard InChI is InChI=1S/C12H7F2NO/c13-9-3-1-2-8(6-9)12-11(14)5-4-10(7-16)15-12/h1-7H. The van der Waals surface area contributed by atoms with Gasteiger partial charge in [-0.05, 0) is 24.3 Å². The topological polar surface area (TPSA) is 30.0 Å². The van der Waals surface area contributed by atoms with Crippen molar-refractivity contribution in [2.75, 3.05) is 0 Å². The van der Waals surface area contributed by atoms with Gasteiger partial charge in [0.15, 0.2) is 6.29 Å². The zero-order chi connectivity index (χ0) is 11.5. The van der Waals surface area contributed by atoms with E-state index in [1.807, 2.05) is 0 Å². The summed E-state index contributed by atoms with van der Waals surface area (Å²) in [6.07, 6.45) is 0.516. The molecular formula is C12H7F2NO. The van der Waals surface area contributed by atoms with E-state index in [2.05, 4.69) is 4.98 Å². The van der Waals surface area contributed by atoms with Crippen molar-refractivity contribution < 1.29 is 13.6 Å². The van der Waals surface area contributed by atoms with Crippen LogP contribution >= 0.6 is 0 Å². The summed E-state index contributed by atoms with van der Waals surface area (Å²) in [5, 5.41) is 0. The third-order valence-electron chi connectivity index (χ3n) is 2.09. The zero-order valence-corrected chi connectivity index (χ0v) is 8.15. The first-order valence-corrected chi connectivity index (χ1v) is 4.58.